The van der Waals surface area contributed by atoms with Gasteiger partial charge in [0.25, 0.3) is 0 Å². The number of carbonyl (C=O) groups is 1. The van der Waals surface area contributed by atoms with Crippen LogP contribution in [0.3, 0.4) is 0 Å². The van der Waals surface area contributed by atoms with Crippen LogP contribution in [0.1, 0.15) is 37.7 Å². The lowest BCUT2D eigenvalue weighted by molar-refractivity contribution is -0.140. The van der Waals surface area contributed by atoms with Gasteiger partial charge in [-0.15, -0.1) is 0 Å². The number of sulfonamides is 1. The summed E-state index contributed by atoms with van der Waals surface area (Å²) in [5, 5.41) is 0. The van der Waals surface area contributed by atoms with Gasteiger partial charge in [0.1, 0.15) is 16.5 Å². The summed E-state index contributed by atoms with van der Waals surface area (Å²) in [7, 11) is -2.81. The number of halogens is 2. The molecule has 3 aromatic carbocycles. The molecule has 0 aromatic heterocycles. The largest absolute Gasteiger partial charge is 0.469 e. The summed E-state index contributed by atoms with van der Waals surface area (Å²) in [5.41, 5.74) is 3.30. The first-order valence-electron chi connectivity index (χ1n) is 13.7. The van der Waals surface area contributed by atoms with Crippen LogP contribution in [-0.4, -0.2) is 34.1 Å². The van der Waals surface area contributed by atoms with E-state index in [0.29, 0.717) is 25.5 Å². The molecular weight excluding hydrogens is 548 g/mol. The standard InChI is InChI=1S/C32H35F2NO5S/c1-39-32(36)11-7-3-6-10-28-26(21-35-41(37,38)31-19-17-27(33)20-29(31)34)16-18-30(28)40-22-23-12-14-25(15-13-23)24-8-4-2-5-9-24/h2-6,8-9,12-15,17,19-20,26,28,30,35H,7,10-11,16,18,21-22H2,1H3/b6-3-/t26-,28-,30+/m1/s1. The Hall–Kier alpha value is -3.40. The molecule has 0 amide bonds. The Labute approximate surface area is 240 Å². The molecular formula is C32H35F2NO5S. The smallest absolute Gasteiger partial charge is 0.305 e. The number of hydrogen-bond acceptors (Lipinski definition) is 5. The molecule has 9 heteroatoms. The molecule has 3 atom stereocenters. The van der Waals surface area contributed by atoms with E-state index in [1.54, 1.807) is 0 Å². The molecule has 218 valence electrons. The van der Waals surface area contributed by atoms with E-state index in [-0.39, 0.29) is 36.9 Å². The number of allylic oxidation sites excluding steroid dienone is 2. The van der Waals surface area contributed by atoms with Crippen molar-refractivity contribution in [3.63, 3.8) is 0 Å². The molecule has 1 N–H and O–H groups in total. The van der Waals surface area contributed by atoms with E-state index in [1.807, 2.05) is 42.5 Å². The molecule has 41 heavy (non-hydrogen) atoms. The summed E-state index contributed by atoms with van der Waals surface area (Å²) >= 11 is 0. The number of hydrogen-bond donors (Lipinski definition) is 1. The minimum absolute atomic E-state index is 0.00809. The number of rotatable bonds is 13. The van der Waals surface area contributed by atoms with Crippen LogP contribution in [0.5, 0.6) is 0 Å². The zero-order chi connectivity index (χ0) is 29.2. The summed E-state index contributed by atoms with van der Waals surface area (Å²) in [6, 6.07) is 20.7. The fraction of sp³-hybridized carbons (Fsp3) is 0.344. The molecule has 0 aliphatic heterocycles. The first-order chi connectivity index (χ1) is 19.8. The first-order valence-corrected chi connectivity index (χ1v) is 15.2. The predicted octanol–water partition coefficient (Wildman–Crippen LogP) is 6.42. The van der Waals surface area contributed by atoms with E-state index in [4.69, 9.17) is 4.74 Å². The fourth-order valence-electron chi connectivity index (χ4n) is 5.20. The predicted molar refractivity (Wildman–Crippen MR) is 153 cm³/mol. The van der Waals surface area contributed by atoms with Gasteiger partial charge in [-0.3, -0.25) is 4.79 Å². The maximum Gasteiger partial charge on any atom is 0.305 e. The van der Waals surface area contributed by atoms with Crippen LogP contribution >= 0.6 is 0 Å². The highest BCUT2D eigenvalue weighted by molar-refractivity contribution is 7.89. The van der Waals surface area contributed by atoms with Crippen LogP contribution in [0.25, 0.3) is 11.1 Å². The van der Waals surface area contributed by atoms with Crippen LogP contribution in [0.2, 0.25) is 0 Å². The molecule has 0 heterocycles. The average molecular weight is 584 g/mol. The summed E-state index contributed by atoms with van der Waals surface area (Å²) in [6.07, 6.45) is 6.74. The zero-order valence-electron chi connectivity index (χ0n) is 23.0. The van der Waals surface area contributed by atoms with E-state index in [1.165, 1.54) is 7.11 Å². The Morgan fingerprint density at radius 1 is 0.976 bits per heavy atom. The van der Waals surface area contributed by atoms with E-state index >= 15 is 0 Å². The van der Waals surface area contributed by atoms with Crippen molar-refractivity contribution in [3.05, 3.63) is 102 Å². The van der Waals surface area contributed by atoms with Crippen LogP contribution in [0.15, 0.2) is 89.8 Å². The summed E-state index contributed by atoms with van der Waals surface area (Å²) in [5.74, 6) is -2.30. The third-order valence-electron chi connectivity index (χ3n) is 7.47. The van der Waals surface area contributed by atoms with Crippen molar-refractivity contribution < 1.29 is 31.5 Å². The average Bonchev–Trinajstić information content (AvgIpc) is 3.36. The molecule has 1 aliphatic rings. The van der Waals surface area contributed by atoms with Gasteiger partial charge in [-0.2, -0.15) is 0 Å². The monoisotopic (exact) mass is 583 g/mol. The van der Waals surface area contributed by atoms with Gasteiger partial charge in [0.15, 0.2) is 0 Å². The molecule has 1 fully saturated rings. The Bertz CT molecular complexity index is 1430. The lowest BCUT2D eigenvalue weighted by Crippen LogP contribution is -2.33. The third kappa shape index (κ3) is 8.55. The highest BCUT2D eigenvalue weighted by atomic mass is 32.2. The summed E-state index contributed by atoms with van der Waals surface area (Å²) in [6.45, 7) is 0.521. The fourth-order valence-corrected chi connectivity index (χ4v) is 6.36. The topological polar surface area (TPSA) is 81.7 Å². The summed E-state index contributed by atoms with van der Waals surface area (Å²) in [4.78, 5) is 10.8. The minimum Gasteiger partial charge on any atom is -0.469 e. The Kier molecular flexibility index (Phi) is 10.8. The molecule has 4 rings (SSSR count). The summed E-state index contributed by atoms with van der Waals surface area (Å²) < 4.78 is 66.6. The van der Waals surface area contributed by atoms with Crippen molar-refractivity contribution in [2.24, 2.45) is 11.8 Å². The molecule has 1 saturated carbocycles. The van der Waals surface area contributed by atoms with Gasteiger partial charge in [-0.1, -0.05) is 66.7 Å². The molecule has 0 saturated heterocycles. The van der Waals surface area contributed by atoms with Crippen LogP contribution in [-0.2, 0) is 30.9 Å². The van der Waals surface area contributed by atoms with Crippen molar-refractivity contribution in [3.8, 4) is 11.1 Å². The van der Waals surface area contributed by atoms with Gasteiger partial charge < -0.3 is 9.47 Å². The van der Waals surface area contributed by atoms with Gasteiger partial charge in [0.05, 0.1) is 19.8 Å². The van der Waals surface area contributed by atoms with Crippen LogP contribution < -0.4 is 4.72 Å². The lowest BCUT2D eigenvalue weighted by atomic mass is 9.91. The Balaban J connectivity index is 1.40. The van der Waals surface area contributed by atoms with E-state index in [9.17, 15) is 22.0 Å². The maximum absolute atomic E-state index is 14.2. The van der Waals surface area contributed by atoms with Gasteiger partial charge in [-0.25, -0.2) is 21.9 Å². The third-order valence-corrected chi connectivity index (χ3v) is 8.92. The molecule has 3 aromatic rings. The maximum atomic E-state index is 14.2. The van der Waals surface area contributed by atoms with Crippen LogP contribution in [0.4, 0.5) is 8.78 Å². The quantitative estimate of drug-likeness (QED) is 0.186. The zero-order valence-corrected chi connectivity index (χ0v) is 23.8. The number of benzene rings is 3. The van der Waals surface area contributed by atoms with Gasteiger partial charge >= 0.3 is 5.97 Å². The number of nitrogens with one attached hydrogen (secondary N) is 1. The van der Waals surface area contributed by atoms with E-state index in [0.717, 1.165) is 41.7 Å². The number of ether oxygens (including phenoxy) is 2. The van der Waals surface area contributed by atoms with Crippen molar-refractivity contribution >= 4 is 16.0 Å². The first kappa shape index (κ1) is 30.6. The normalized spacial score (nSPS) is 19.0. The van der Waals surface area contributed by atoms with Crippen molar-refractivity contribution in [1.29, 1.82) is 0 Å². The highest BCUT2D eigenvalue weighted by Gasteiger charge is 2.37. The number of carbonyl (C=O) groups excluding carboxylic acids is 1. The van der Waals surface area contributed by atoms with Gasteiger partial charge in [-0.05, 0) is 66.3 Å². The second-order valence-electron chi connectivity index (χ2n) is 10.2. The Morgan fingerprint density at radius 2 is 1.71 bits per heavy atom. The van der Waals surface area contributed by atoms with Crippen molar-refractivity contribution in [1.82, 2.24) is 4.72 Å². The molecule has 1 aliphatic carbocycles. The molecule has 6 nitrogen and oxygen atoms in total. The number of methoxy groups -OCH3 is 1. The number of esters is 1. The second-order valence-corrected chi connectivity index (χ2v) is 11.9. The van der Waals surface area contributed by atoms with Gasteiger partial charge in [0, 0.05) is 19.0 Å². The molecule has 0 radical (unpaired) electrons. The minimum atomic E-state index is -4.16. The highest BCUT2D eigenvalue weighted by Crippen LogP contribution is 2.37. The van der Waals surface area contributed by atoms with Crippen LogP contribution in [0, 0.1) is 23.5 Å². The Morgan fingerprint density at radius 3 is 2.41 bits per heavy atom. The van der Waals surface area contributed by atoms with Gasteiger partial charge in [0.2, 0.25) is 10.0 Å². The molecule has 0 unspecified atom stereocenters. The SMILES string of the molecule is COC(=O)CC/C=C\C[C@@H]1[C@@H](CNS(=O)(=O)c2ccc(F)cc2F)CC[C@@H]1OCc1ccc(-c2ccccc2)cc1. The van der Waals surface area contributed by atoms with E-state index in [2.05, 4.69) is 33.7 Å². The lowest BCUT2D eigenvalue weighted by Gasteiger charge is -2.24. The van der Waals surface area contributed by atoms with Crippen molar-refractivity contribution in [2.75, 3.05) is 13.7 Å². The molecule has 0 bridgehead atoms. The molecule has 0 spiro atoms. The van der Waals surface area contributed by atoms with E-state index < -0.39 is 26.6 Å². The van der Waals surface area contributed by atoms with Crippen molar-refractivity contribution in [2.45, 2.75) is 49.7 Å². The second kappa shape index (κ2) is 14.5.